The first kappa shape index (κ1) is 11.0. The van der Waals surface area contributed by atoms with Crippen molar-refractivity contribution in [2.45, 2.75) is 0 Å². The Morgan fingerprint density at radius 2 is 2.11 bits per heavy atom. The third-order valence-corrected chi connectivity index (χ3v) is 3.12. The van der Waals surface area contributed by atoms with Gasteiger partial charge in [-0.15, -0.1) is 0 Å². The Labute approximate surface area is 108 Å². The van der Waals surface area contributed by atoms with Crippen LogP contribution in [-0.2, 0) is 7.05 Å². The van der Waals surface area contributed by atoms with Gasteiger partial charge in [-0.25, -0.2) is 4.98 Å². The van der Waals surface area contributed by atoms with Gasteiger partial charge in [0.15, 0.2) is 0 Å². The fraction of sp³-hybridized carbons (Fsp3) is 0.0769. The fourth-order valence-corrected chi connectivity index (χ4v) is 2.14. The molecule has 0 aliphatic rings. The molecule has 0 unspecified atom stereocenters. The van der Waals surface area contributed by atoms with Crippen molar-refractivity contribution >= 4 is 22.6 Å². The molecule has 3 rings (SSSR count). The van der Waals surface area contributed by atoms with Crippen molar-refractivity contribution in [3.63, 3.8) is 0 Å². The molecule has 2 aromatic heterocycles. The van der Waals surface area contributed by atoms with Crippen LogP contribution in [0.1, 0.15) is 0 Å². The average Bonchev–Trinajstić information content (AvgIpc) is 2.71. The molecular formula is C13H10ClN3O. The molecule has 0 fully saturated rings. The molecule has 3 aromatic rings. The molecule has 0 saturated heterocycles. The smallest absolute Gasteiger partial charge is 0.144 e. The first-order valence-electron chi connectivity index (χ1n) is 5.42. The molecule has 0 atom stereocenters. The largest absolute Gasteiger partial charge is 0.507 e. The van der Waals surface area contributed by atoms with Gasteiger partial charge in [0, 0.05) is 18.3 Å². The number of benzene rings is 1. The quantitative estimate of drug-likeness (QED) is 0.731. The van der Waals surface area contributed by atoms with Crippen molar-refractivity contribution in [3.8, 4) is 17.1 Å². The molecule has 1 N–H and O–H groups in total. The molecule has 2 heterocycles. The van der Waals surface area contributed by atoms with Crippen molar-refractivity contribution in [3.05, 3.63) is 41.7 Å². The molecule has 0 spiro atoms. The summed E-state index contributed by atoms with van der Waals surface area (Å²) in [6.45, 7) is 0. The molecule has 0 aliphatic heterocycles. The number of nitrogens with zero attached hydrogens (tertiary/aromatic N) is 3. The standard InChI is InChI=1S/C13H10ClN3O/c1-17-11-7-15-5-4-10(11)16-13(17)9-6-8(14)2-3-12(9)18/h2-7,18H,1H3. The minimum absolute atomic E-state index is 0.158. The summed E-state index contributed by atoms with van der Waals surface area (Å²) >= 11 is 5.96. The number of hydrogen-bond acceptors (Lipinski definition) is 3. The summed E-state index contributed by atoms with van der Waals surface area (Å²) < 4.78 is 1.88. The van der Waals surface area contributed by atoms with Gasteiger partial charge in [0.2, 0.25) is 0 Å². The van der Waals surface area contributed by atoms with Crippen LogP contribution in [0.5, 0.6) is 5.75 Å². The minimum Gasteiger partial charge on any atom is -0.507 e. The van der Waals surface area contributed by atoms with Crippen molar-refractivity contribution in [2.75, 3.05) is 0 Å². The third kappa shape index (κ3) is 1.62. The van der Waals surface area contributed by atoms with Gasteiger partial charge < -0.3 is 9.67 Å². The van der Waals surface area contributed by atoms with Gasteiger partial charge in [-0.2, -0.15) is 0 Å². The number of imidazole rings is 1. The monoisotopic (exact) mass is 259 g/mol. The number of phenolic OH excluding ortho intramolecular Hbond substituents is 1. The van der Waals surface area contributed by atoms with Gasteiger partial charge in [-0.05, 0) is 24.3 Å². The van der Waals surface area contributed by atoms with Crippen molar-refractivity contribution in [1.29, 1.82) is 0 Å². The molecule has 1 aromatic carbocycles. The lowest BCUT2D eigenvalue weighted by Gasteiger charge is -2.05. The predicted molar refractivity (Wildman–Crippen MR) is 70.6 cm³/mol. The Morgan fingerprint density at radius 1 is 1.28 bits per heavy atom. The van der Waals surface area contributed by atoms with Crippen LogP contribution in [-0.4, -0.2) is 19.6 Å². The summed E-state index contributed by atoms with van der Waals surface area (Å²) in [6.07, 6.45) is 3.43. The van der Waals surface area contributed by atoms with E-state index in [4.69, 9.17) is 11.6 Å². The molecule has 0 radical (unpaired) electrons. The highest BCUT2D eigenvalue weighted by Gasteiger charge is 2.13. The van der Waals surface area contributed by atoms with Crippen LogP contribution in [0.2, 0.25) is 5.02 Å². The first-order valence-corrected chi connectivity index (χ1v) is 5.80. The summed E-state index contributed by atoms with van der Waals surface area (Å²) in [5.41, 5.74) is 2.36. The fourth-order valence-electron chi connectivity index (χ4n) is 1.96. The highest BCUT2D eigenvalue weighted by atomic mass is 35.5. The van der Waals surface area contributed by atoms with Crippen molar-refractivity contribution < 1.29 is 5.11 Å². The number of aromatic hydroxyl groups is 1. The average molecular weight is 260 g/mol. The third-order valence-electron chi connectivity index (χ3n) is 2.88. The number of halogens is 1. The van der Waals surface area contributed by atoms with E-state index in [1.807, 2.05) is 17.7 Å². The molecular weight excluding hydrogens is 250 g/mol. The normalized spacial score (nSPS) is 11.0. The first-order chi connectivity index (χ1) is 8.66. The SMILES string of the molecule is Cn1c(-c2cc(Cl)ccc2O)nc2ccncc21. The lowest BCUT2D eigenvalue weighted by atomic mass is 10.2. The Morgan fingerprint density at radius 3 is 2.89 bits per heavy atom. The molecule has 5 heteroatoms. The number of pyridine rings is 1. The van der Waals surface area contributed by atoms with E-state index < -0.39 is 0 Å². The van der Waals surface area contributed by atoms with E-state index in [9.17, 15) is 5.11 Å². The van der Waals surface area contributed by atoms with E-state index in [2.05, 4.69) is 9.97 Å². The van der Waals surface area contributed by atoms with Crippen LogP contribution in [0.15, 0.2) is 36.7 Å². The van der Waals surface area contributed by atoms with Crippen LogP contribution in [0, 0.1) is 0 Å². The topological polar surface area (TPSA) is 50.9 Å². The summed E-state index contributed by atoms with van der Waals surface area (Å²) in [7, 11) is 1.88. The second kappa shape index (κ2) is 3.99. The van der Waals surface area contributed by atoms with Gasteiger partial charge in [0.1, 0.15) is 11.6 Å². The molecule has 90 valence electrons. The van der Waals surface area contributed by atoms with Crippen LogP contribution in [0.25, 0.3) is 22.4 Å². The van der Waals surface area contributed by atoms with E-state index in [1.165, 1.54) is 0 Å². The molecule has 0 saturated carbocycles. The summed E-state index contributed by atoms with van der Waals surface area (Å²) in [6, 6.07) is 6.74. The highest BCUT2D eigenvalue weighted by Crippen LogP contribution is 2.32. The van der Waals surface area contributed by atoms with Crippen LogP contribution in [0.3, 0.4) is 0 Å². The summed E-state index contributed by atoms with van der Waals surface area (Å²) in [5, 5.41) is 10.5. The zero-order valence-electron chi connectivity index (χ0n) is 9.63. The van der Waals surface area contributed by atoms with Crippen LogP contribution >= 0.6 is 11.6 Å². The summed E-state index contributed by atoms with van der Waals surface area (Å²) in [4.78, 5) is 8.56. The maximum Gasteiger partial charge on any atom is 0.144 e. The van der Waals surface area contributed by atoms with Crippen LogP contribution < -0.4 is 0 Å². The lowest BCUT2D eigenvalue weighted by molar-refractivity contribution is 0.476. The van der Waals surface area contributed by atoms with Crippen LogP contribution in [0.4, 0.5) is 0 Å². The maximum absolute atomic E-state index is 9.91. The highest BCUT2D eigenvalue weighted by molar-refractivity contribution is 6.30. The number of phenols is 1. The van der Waals surface area contributed by atoms with E-state index in [0.717, 1.165) is 11.0 Å². The summed E-state index contributed by atoms with van der Waals surface area (Å²) in [5.74, 6) is 0.823. The lowest BCUT2D eigenvalue weighted by Crippen LogP contribution is -1.93. The number of rotatable bonds is 1. The number of aryl methyl sites for hydroxylation is 1. The van der Waals surface area contributed by atoms with Gasteiger partial charge in [0.25, 0.3) is 0 Å². The van der Waals surface area contributed by atoms with E-state index >= 15 is 0 Å². The molecule has 18 heavy (non-hydrogen) atoms. The Hall–Kier alpha value is -2.07. The maximum atomic E-state index is 9.91. The molecule has 0 bridgehead atoms. The zero-order valence-corrected chi connectivity index (χ0v) is 10.4. The van der Waals surface area contributed by atoms with E-state index in [-0.39, 0.29) is 5.75 Å². The number of fused-ring (bicyclic) bond motifs is 1. The van der Waals surface area contributed by atoms with Gasteiger partial charge >= 0.3 is 0 Å². The van der Waals surface area contributed by atoms with Crippen molar-refractivity contribution in [2.24, 2.45) is 7.05 Å². The van der Waals surface area contributed by atoms with E-state index in [1.54, 1.807) is 30.6 Å². The zero-order chi connectivity index (χ0) is 12.7. The van der Waals surface area contributed by atoms with E-state index in [0.29, 0.717) is 16.4 Å². The van der Waals surface area contributed by atoms with Gasteiger partial charge in [-0.3, -0.25) is 4.98 Å². The molecule has 0 amide bonds. The second-order valence-corrected chi connectivity index (χ2v) is 4.46. The number of aromatic nitrogens is 3. The van der Waals surface area contributed by atoms with Gasteiger partial charge in [0.05, 0.1) is 22.8 Å². The Bertz CT molecular complexity index is 736. The van der Waals surface area contributed by atoms with Gasteiger partial charge in [-0.1, -0.05) is 11.6 Å². The van der Waals surface area contributed by atoms with Crippen molar-refractivity contribution in [1.82, 2.24) is 14.5 Å². The Balaban J connectivity index is 2.31. The minimum atomic E-state index is 0.158. The number of hydrogen-bond donors (Lipinski definition) is 1. The molecule has 4 nitrogen and oxygen atoms in total. The second-order valence-electron chi connectivity index (χ2n) is 4.02. The molecule has 0 aliphatic carbocycles. The predicted octanol–water partition coefficient (Wildman–Crippen LogP) is 2.99. The Kier molecular flexibility index (Phi) is 2.45.